The van der Waals surface area contributed by atoms with Crippen molar-refractivity contribution in [2.45, 2.75) is 13.8 Å². The lowest BCUT2D eigenvalue weighted by molar-refractivity contribution is -0.384. The summed E-state index contributed by atoms with van der Waals surface area (Å²) >= 11 is 6.46. The molecule has 0 aliphatic heterocycles. The summed E-state index contributed by atoms with van der Waals surface area (Å²) < 4.78 is 2.88. The van der Waals surface area contributed by atoms with Crippen LogP contribution in [0.3, 0.4) is 0 Å². The maximum absolute atomic E-state index is 12.3. The molecule has 2 N–H and O–H groups in total. The first-order valence-electron chi connectivity index (χ1n) is 8.64. The summed E-state index contributed by atoms with van der Waals surface area (Å²) in [7, 11) is 0. The number of rotatable bonds is 5. The molecule has 0 atom stereocenters. The molecule has 0 aliphatic carbocycles. The highest BCUT2D eigenvalue weighted by Gasteiger charge is 2.15. The van der Waals surface area contributed by atoms with Crippen molar-refractivity contribution in [3.8, 4) is 11.4 Å². The van der Waals surface area contributed by atoms with E-state index >= 15 is 0 Å². The molecule has 1 heterocycles. The van der Waals surface area contributed by atoms with E-state index in [9.17, 15) is 20.0 Å². The minimum Gasteiger partial charge on any atom is -0.506 e. The van der Waals surface area contributed by atoms with Crippen molar-refractivity contribution in [2.75, 3.05) is 0 Å². The predicted molar refractivity (Wildman–Crippen MR) is 120 cm³/mol. The van der Waals surface area contributed by atoms with E-state index in [-0.39, 0.29) is 17.0 Å². The molecule has 0 aliphatic rings. The molecule has 1 aromatic heterocycles. The smallest absolute Gasteiger partial charge is 0.275 e. The number of benzene rings is 2. The summed E-state index contributed by atoms with van der Waals surface area (Å²) in [6.45, 7) is 3.73. The number of phenols is 1. The van der Waals surface area contributed by atoms with Crippen LogP contribution in [-0.2, 0) is 0 Å². The molecule has 0 unspecified atom stereocenters. The summed E-state index contributed by atoms with van der Waals surface area (Å²) in [5.74, 6) is -0.756. The van der Waals surface area contributed by atoms with E-state index in [1.54, 1.807) is 18.2 Å². The van der Waals surface area contributed by atoms with Gasteiger partial charge >= 0.3 is 0 Å². The number of nitro groups is 1. The predicted octanol–water partition coefficient (Wildman–Crippen LogP) is 5.00. The summed E-state index contributed by atoms with van der Waals surface area (Å²) in [5.41, 5.74) is 5.52. The Balaban J connectivity index is 1.84. The standard InChI is InChI=1S/C20H16Br2N4O4/c1-11-6-13(12(2)25(11)15-4-3-5-16(9-15)26(29)30)10-23-24-20(28)17-7-14(21)8-18(22)19(17)27/h3-10,27H,1-2H3,(H,24,28)/b23-10-. The van der Waals surface area contributed by atoms with Crippen LogP contribution in [0, 0.1) is 24.0 Å². The van der Waals surface area contributed by atoms with Gasteiger partial charge in [-0.1, -0.05) is 22.0 Å². The third-order valence-corrected chi connectivity index (χ3v) is 5.47. The topological polar surface area (TPSA) is 110 Å². The molecule has 1 amide bonds. The summed E-state index contributed by atoms with van der Waals surface area (Å²) in [6.07, 6.45) is 1.48. The van der Waals surface area contributed by atoms with Gasteiger partial charge in [-0.05, 0) is 54.0 Å². The highest BCUT2D eigenvalue weighted by Crippen LogP contribution is 2.31. The van der Waals surface area contributed by atoms with Gasteiger partial charge in [0.05, 0.1) is 26.9 Å². The van der Waals surface area contributed by atoms with Crippen molar-refractivity contribution >= 4 is 49.7 Å². The van der Waals surface area contributed by atoms with E-state index in [1.807, 2.05) is 24.5 Å². The number of halogens is 2. The molecule has 0 fully saturated rings. The lowest BCUT2D eigenvalue weighted by Gasteiger charge is -2.09. The van der Waals surface area contributed by atoms with Crippen molar-refractivity contribution in [3.63, 3.8) is 0 Å². The van der Waals surface area contributed by atoms with Crippen molar-refractivity contribution in [2.24, 2.45) is 5.10 Å². The van der Waals surface area contributed by atoms with E-state index in [0.717, 1.165) is 17.0 Å². The van der Waals surface area contributed by atoms with Crippen LogP contribution in [0.5, 0.6) is 5.75 Å². The third kappa shape index (κ3) is 4.44. The number of nitrogens with zero attached hydrogens (tertiary/aromatic N) is 3. The molecular weight excluding hydrogens is 520 g/mol. The van der Waals surface area contributed by atoms with E-state index in [0.29, 0.717) is 14.6 Å². The quantitative estimate of drug-likeness (QED) is 0.272. The molecular formula is C20H16Br2N4O4. The van der Waals surface area contributed by atoms with Crippen LogP contribution in [0.25, 0.3) is 5.69 Å². The maximum atomic E-state index is 12.3. The Morgan fingerprint density at radius 2 is 1.97 bits per heavy atom. The molecule has 10 heteroatoms. The highest BCUT2D eigenvalue weighted by atomic mass is 79.9. The highest BCUT2D eigenvalue weighted by molar-refractivity contribution is 9.11. The lowest BCUT2D eigenvalue weighted by atomic mass is 10.2. The summed E-state index contributed by atoms with van der Waals surface area (Å²) in [5, 5.41) is 25.1. The second-order valence-electron chi connectivity index (χ2n) is 6.42. The van der Waals surface area contributed by atoms with Crippen LogP contribution in [0.2, 0.25) is 0 Å². The number of aromatic nitrogens is 1. The molecule has 0 saturated heterocycles. The number of phenolic OH excluding ortho intramolecular Hbond substituents is 1. The van der Waals surface area contributed by atoms with Crippen molar-refractivity contribution < 1.29 is 14.8 Å². The fraction of sp³-hybridized carbons (Fsp3) is 0.100. The Morgan fingerprint density at radius 3 is 2.67 bits per heavy atom. The average molecular weight is 536 g/mol. The third-order valence-electron chi connectivity index (χ3n) is 4.41. The van der Waals surface area contributed by atoms with Gasteiger partial charge in [0.15, 0.2) is 0 Å². The first-order valence-corrected chi connectivity index (χ1v) is 10.2. The minimum atomic E-state index is -0.571. The normalized spacial score (nSPS) is 11.1. The van der Waals surface area contributed by atoms with Crippen LogP contribution >= 0.6 is 31.9 Å². The zero-order valence-electron chi connectivity index (χ0n) is 15.9. The van der Waals surface area contributed by atoms with E-state index in [2.05, 4.69) is 42.4 Å². The van der Waals surface area contributed by atoms with Gasteiger partial charge < -0.3 is 9.67 Å². The van der Waals surface area contributed by atoms with Crippen molar-refractivity contribution in [1.29, 1.82) is 0 Å². The number of aryl methyl sites for hydroxylation is 1. The number of amides is 1. The fourth-order valence-corrected chi connectivity index (χ4v) is 4.25. The molecule has 0 spiro atoms. The Kier molecular flexibility index (Phi) is 6.37. The number of carbonyl (C=O) groups excluding carboxylic acids is 1. The second kappa shape index (κ2) is 8.80. The van der Waals surface area contributed by atoms with E-state index < -0.39 is 10.8 Å². The van der Waals surface area contributed by atoms with Gasteiger partial charge in [-0.25, -0.2) is 5.43 Å². The van der Waals surface area contributed by atoms with Gasteiger partial charge in [0.25, 0.3) is 11.6 Å². The number of hydrogen-bond acceptors (Lipinski definition) is 5. The Bertz CT molecular complexity index is 1190. The largest absolute Gasteiger partial charge is 0.506 e. The molecule has 0 saturated carbocycles. The Hall–Kier alpha value is -2.98. The Morgan fingerprint density at radius 1 is 1.23 bits per heavy atom. The van der Waals surface area contributed by atoms with E-state index in [1.165, 1.54) is 24.4 Å². The van der Waals surface area contributed by atoms with Crippen LogP contribution < -0.4 is 5.43 Å². The van der Waals surface area contributed by atoms with Gasteiger partial charge in [-0.15, -0.1) is 0 Å². The lowest BCUT2D eigenvalue weighted by Crippen LogP contribution is -2.18. The van der Waals surface area contributed by atoms with Gasteiger partial charge in [0.1, 0.15) is 5.75 Å². The van der Waals surface area contributed by atoms with Gasteiger partial charge in [0.2, 0.25) is 0 Å². The van der Waals surface area contributed by atoms with Crippen LogP contribution in [0.4, 0.5) is 5.69 Å². The second-order valence-corrected chi connectivity index (χ2v) is 8.19. The zero-order valence-corrected chi connectivity index (χ0v) is 19.1. The van der Waals surface area contributed by atoms with Gasteiger partial charge in [-0.3, -0.25) is 14.9 Å². The number of nitrogens with one attached hydrogen (secondary N) is 1. The summed E-state index contributed by atoms with van der Waals surface area (Å²) in [6, 6.07) is 11.3. The fourth-order valence-electron chi connectivity index (χ4n) is 3.02. The molecule has 154 valence electrons. The van der Waals surface area contributed by atoms with Crippen LogP contribution in [-0.4, -0.2) is 26.7 Å². The SMILES string of the molecule is Cc1cc(/C=N\NC(=O)c2cc(Br)cc(Br)c2O)c(C)n1-c1cccc([N+](=O)[O-])c1. The number of hydrazone groups is 1. The average Bonchev–Trinajstić information content (AvgIpc) is 2.98. The molecule has 3 rings (SSSR count). The van der Waals surface area contributed by atoms with Crippen LogP contribution in [0.15, 0.2) is 56.5 Å². The first-order chi connectivity index (χ1) is 14.2. The molecule has 0 radical (unpaired) electrons. The monoisotopic (exact) mass is 534 g/mol. The first kappa shape index (κ1) is 21.7. The number of non-ortho nitro benzene ring substituents is 1. The molecule has 3 aromatic rings. The maximum Gasteiger partial charge on any atom is 0.275 e. The molecule has 0 bridgehead atoms. The molecule has 2 aromatic carbocycles. The number of hydrogen-bond donors (Lipinski definition) is 2. The van der Waals surface area contributed by atoms with Gasteiger partial charge in [-0.2, -0.15) is 5.10 Å². The molecule has 8 nitrogen and oxygen atoms in total. The number of nitro benzene ring substituents is 1. The zero-order chi connectivity index (χ0) is 22.0. The van der Waals surface area contributed by atoms with Gasteiger partial charge in [0, 0.05) is 33.6 Å². The van der Waals surface area contributed by atoms with Crippen molar-refractivity contribution in [1.82, 2.24) is 9.99 Å². The van der Waals surface area contributed by atoms with Crippen LogP contribution in [0.1, 0.15) is 27.3 Å². The summed E-state index contributed by atoms with van der Waals surface area (Å²) in [4.78, 5) is 23.0. The van der Waals surface area contributed by atoms with E-state index in [4.69, 9.17) is 0 Å². The number of aromatic hydroxyl groups is 1. The minimum absolute atomic E-state index is 0.00229. The van der Waals surface area contributed by atoms with Crippen molar-refractivity contribution in [3.05, 3.63) is 84.0 Å². The Labute approximate surface area is 188 Å². The number of carbonyl (C=O) groups is 1. The molecule has 30 heavy (non-hydrogen) atoms.